The summed E-state index contributed by atoms with van der Waals surface area (Å²) in [6.07, 6.45) is 1.38. The highest BCUT2D eigenvalue weighted by molar-refractivity contribution is 6.42. The second-order valence-corrected chi connectivity index (χ2v) is 5.28. The molecule has 3 nitrogen and oxygen atoms in total. The molecule has 106 valence electrons. The van der Waals surface area contributed by atoms with Crippen molar-refractivity contribution in [2.24, 2.45) is 5.73 Å². The van der Waals surface area contributed by atoms with E-state index in [2.05, 4.69) is 5.32 Å². The van der Waals surface area contributed by atoms with E-state index in [9.17, 15) is 4.79 Å². The minimum atomic E-state index is -0.580. The summed E-state index contributed by atoms with van der Waals surface area (Å²) >= 11 is 12.0. The summed E-state index contributed by atoms with van der Waals surface area (Å²) in [5, 5.41) is 3.83. The second kappa shape index (κ2) is 7.13. The Morgan fingerprint density at radius 3 is 2.37 bits per heavy atom. The number of nitrogens with two attached hydrogens (primary N) is 1. The standard InChI is InChI=1S/C14H20Cl2N2O/c1-3-14(4-2,13(19)18-8-7-17)10-5-6-11(15)12(16)9-10/h5-6,9H,3-4,7-8,17H2,1-2H3,(H,18,19). The number of carbonyl (C=O) groups excluding carboxylic acids is 1. The Bertz CT molecular complexity index is 445. The molecule has 0 aliphatic heterocycles. The first-order valence-electron chi connectivity index (χ1n) is 6.45. The van der Waals surface area contributed by atoms with Gasteiger partial charge in [-0.3, -0.25) is 4.79 Å². The number of carbonyl (C=O) groups is 1. The first-order chi connectivity index (χ1) is 9.01. The van der Waals surface area contributed by atoms with Gasteiger partial charge in [0.25, 0.3) is 0 Å². The molecule has 1 amide bonds. The van der Waals surface area contributed by atoms with Crippen LogP contribution in [0.3, 0.4) is 0 Å². The number of benzene rings is 1. The predicted octanol–water partition coefficient (Wildman–Crippen LogP) is 3.13. The largest absolute Gasteiger partial charge is 0.354 e. The SMILES string of the molecule is CCC(CC)(C(=O)NCCN)c1ccc(Cl)c(Cl)c1. The molecule has 0 atom stereocenters. The zero-order valence-corrected chi connectivity index (χ0v) is 12.8. The smallest absolute Gasteiger partial charge is 0.230 e. The molecule has 0 aliphatic carbocycles. The van der Waals surface area contributed by atoms with Crippen molar-refractivity contribution in [1.82, 2.24) is 5.32 Å². The van der Waals surface area contributed by atoms with E-state index < -0.39 is 5.41 Å². The van der Waals surface area contributed by atoms with Crippen LogP contribution in [0.4, 0.5) is 0 Å². The third-order valence-electron chi connectivity index (χ3n) is 3.54. The Kier molecular flexibility index (Phi) is 6.11. The van der Waals surface area contributed by atoms with E-state index in [1.54, 1.807) is 12.1 Å². The molecule has 1 aromatic carbocycles. The van der Waals surface area contributed by atoms with E-state index in [4.69, 9.17) is 28.9 Å². The summed E-state index contributed by atoms with van der Waals surface area (Å²) in [7, 11) is 0. The Morgan fingerprint density at radius 1 is 1.26 bits per heavy atom. The molecule has 3 N–H and O–H groups in total. The minimum absolute atomic E-state index is 0.0126. The minimum Gasteiger partial charge on any atom is -0.354 e. The van der Waals surface area contributed by atoms with Crippen LogP contribution < -0.4 is 11.1 Å². The molecule has 0 heterocycles. The highest BCUT2D eigenvalue weighted by atomic mass is 35.5. The number of hydrogen-bond donors (Lipinski definition) is 2. The summed E-state index contributed by atoms with van der Waals surface area (Å²) < 4.78 is 0. The van der Waals surface area contributed by atoms with Crippen LogP contribution in [0.25, 0.3) is 0 Å². The third kappa shape index (κ3) is 3.41. The average Bonchev–Trinajstić information content (AvgIpc) is 2.42. The summed E-state index contributed by atoms with van der Waals surface area (Å²) in [5.74, 6) is -0.0126. The van der Waals surface area contributed by atoms with Gasteiger partial charge in [-0.15, -0.1) is 0 Å². The number of rotatable bonds is 6. The lowest BCUT2D eigenvalue weighted by molar-refractivity contribution is -0.127. The van der Waals surface area contributed by atoms with Gasteiger partial charge in [-0.05, 0) is 30.5 Å². The molecule has 0 aromatic heterocycles. The van der Waals surface area contributed by atoms with Crippen LogP contribution in [0.5, 0.6) is 0 Å². The fourth-order valence-corrected chi connectivity index (χ4v) is 2.56. The Hall–Kier alpha value is -0.770. The highest BCUT2D eigenvalue weighted by Gasteiger charge is 2.36. The van der Waals surface area contributed by atoms with Gasteiger partial charge >= 0.3 is 0 Å². The molecule has 19 heavy (non-hydrogen) atoms. The molecule has 0 bridgehead atoms. The van der Waals surface area contributed by atoms with Crippen molar-refractivity contribution < 1.29 is 4.79 Å². The zero-order chi connectivity index (χ0) is 14.5. The third-order valence-corrected chi connectivity index (χ3v) is 4.28. The summed E-state index contributed by atoms with van der Waals surface area (Å²) in [5.41, 5.74) is 5.74. The normalized spacial score (nSPS) is 11.4. The fourth-order valence-electron chi connectivity index (χ4n) is 2.26. The van der Waals surface area contributed by atoms with Crippen LogP contribution in [-0.4, -0.2) is 19.0 Å². The van der Waals surface area contributed by atoms with Crippen molar-refractivity contribution in [2.45, 2.75) is 32.1 Å². The van der Waals surface area contributed by atoms with Gasteiger partial charge in [0.2, 0.25) is 5.91 Å². The summed E-state index contributed by atoms with van der Waals surface area (Å²) in [4.78, 5) is 12.4. The molecule has 0 radical (unpaired) electrons. The molecule has 1 rings (SSSR count). The van der Waals surface area contributed by atoms with Crippen LogP contribution in [0.2, 0.25) is 10.0 Å². The first-order valence-corrected chi connectivity index (χ1v) is 7.21. The average molecular weight is 303 g/mol. The Balaban J connectivity index is 3.17. The predicted molar refractivity (Wildman–Crippen MR) is 80.8 cm³/mol. The van der Waals surface area contributed by atoms with Crippen molar-refractivity contribution in [3.05, 3.63) is 33.8 Å². The van der Waals surface area contributed by atoms with Crippen LogP contribution in [-0.2, 0) is 10.2 Å². The molecule has 0 saturated carbocycles. The van der Waals surface area contributed by atoms with E-state index in [-0.39, 0.29) is 5.91 Å². The molecule has 5 heteroatoms. The highest BCUT2D eigenvalue weighted by Crippen LogP contribution is 2.35. The Morgan fingerprint density at radius 2 is 1.89 bits per heavy atom. The van der Waals surface area contributed by atoms with Crippen molar-refractivity contribution in [2.75, 3.05) is 13.1 Å². The molecule has 0 spiro atoms. The lowest BCUT2D eigenvalue weighted by atomic mass is 9.75. The quantitative estimate of drug-likeness (QED) is 0.848. The van der Waals surface area contributed by atoms with Gasteiger partial charge in [-0.2, -0.15) is 0 Å². The van der Waals surface area contributed by atoms with Gasteiger partial charge in [0.05, 0.1) is 15.5 Å². The van der Waals surface area contributed by atoms with Crippen molar-refractivity contribution in [3.8, 4) is 0 Å². The van der Waals surface area contributed by atoms with E-state index in [0.29, 0.717) is 36.0 Å². The van der Waals surface area contributed by atoms with Gasteiger partial charge in [0.1, 0.15) is 0 Å². The van der Waals surface area contributed by atoms with Gasteiger partial charge in [0.15, 0.2) is 0 Å². The molecule has 0 aliphatic rings. The molecular formula is C14H20Cl2N2O. The number of nitrogens with one attached hydrogen (secondary N) is 1. The maximum absolute atomic E-state index is 12.4. The van der Waals surface area contributed by atoms with Crippen LogP contribution in [0.1, 0.15) is 32.3 Å². The molecule has 0 fully saturated rings. The first kappa shape index (κ1) is 16.3. The summed E-state index contributed by atoms with van der Waals surface area (Å²) in [6, 6.07) is 5.37. The topological polar surface area (TPSA) is 55.1 Å². The zero-order valence-electron chi connectivity index (χ0n) is 11.3. The molecular weight excluding hydrogens is 283 g/mol. The lowest BCUT2D eigenvalue weighted by Crippen LogP contribution is -2.45. The maximum atomic E-state index is 12.4. The van der Waals surface area contributed by atoms with Crippen LogP contribution in [0.15, 0.2) is 18.2 Å². The van der Waals surface area contributed by atoms with E-state index in [1.165, 1.54) is 0 Å². The number of halogens is 2. The fraction of sp³-hybridized carbons (Fsp3) is 0.500. The molecule has 0 saturated heterocycles. The van der Waals surface area contributed by atoms with E-state index in [1.807, 2.05) is 19.9 Å². The van der Waals surface area contributed by atoms with Crippen LogP contribution in [0, 0.1) is 0 Å². The Labute approximate surface area is 124 Å². The monoisotopic (exact) mass is 302 g/mol. The molecule has 1 aromatic rings. The van der Waals surface area contributed by atoms with E-state index >= 15 is 0 Å². The lowest BCUT2D eigenvalue weighted by Gasteiger charge is -2.31. The maximum Gasteiger partial charge on any atom is 0.230 e. The molecule has 0 unspecified atom stereocenters. The van der Waals surface area contributed by atoms with Gasteiger partial charge in [0, 0.05) is 13.1 Å². The van der Waals surface area contributed by atoms with Gasteiger partial charge in [-0.25, -0.2) is 0 Å². The second-order valence-electron chi connectivity index (χ2n) is 4.46. The number of amides is 1. The van der Waals surface area contributed by atoms with Crippen molar-refractivity contribution >= 4 is 29.1 Å². The van der Waals surface area contributed by atoms with Crippen LogP contribution >= 0.6 is 23.2 Å². The summed E-state index contributed by atoms with van der Waals surface area (Å²) in [6.45, 7) is 4.89. The van der Waals surface area contributed by atoms with Gasteiger partial charge in [-0.1, -0.05) is 43.1 Å². The van der Waals surface area contributed by atoms with Gasteiger partial charge < -0.3 is 11.1 Å². The number of hydrogen-bond acceptors (Lipinski definition) is 2. The van der Waals surface area contributed by atoms with Crippen molar-refractivity contribution in [3.63, 3.8) is 0 Å². The van der Waals surface area contributed by atoms with Crippen molar-refractivity contribution in [1.29, 1.82) is 0 Å². The van der Waals surface area contributed by atoms with E-state index in [0.717, 1.165) is 5.56 Å².